The number of nitrogens with zero attached hydrogens (tertiary/aromatic N) is 1. The van der Waals surface area contributed by atoms with Crippen LogP contribution in [-0.4, -0.2) is 5.91 Å². The molecule has 0 saturated heterocycles. The van der Waals surface area contributed by atoms with Crippen LogP contribution in [0.1, 0.15) is 24.1 Å². The average Bonchev–Trinajstić information content (AvgIpc) is 2.60. The van der Waals surface area contributed by atoms with Crippen molar-refractivity contribution in [2.75, 3.05) is 0 Å². The quantitative estimate of drug-likeness (QED) is 0.933. The van der Waals surface area contributed by atoms with Gasteiger partial charge in [-0.25, -0.2) is 0 Å². The Morgan fingerprint density at radius 1 is 1.69 bits per heavy atom. The first-order valence-corrected chi connectivity index (χ1v) is 6.77. The zero-order valence-electron chi connectivity index (χ0n) is 8.62. The van der Waals surface area contributed by atoms with Crippen LogP contribution in [0.3, 0.4) is 0 Å². The van der Waals surface area contributed by atoms with Crippen LogP contribution in [0.25, 0.3) is 0 Å². The summed E-state index contributed by atoms with van der Waals surface area (Å²) >= 11 is 5.00. The Morgan fingerprint density at radius 2 is 2.44 bits per heavy atom. The molecule has 1 heterocycles. The van der Waals surface area contributed by atoms with E-state index in [0.717, 1.165) is 15.8 Å². The van der Waals surface area contributed by atoms with Crippen LogP contribution in [0.2, 0.25) is 0 Å². The number of carbonyl (C=O) groups is 1. The van der Waals surface area contributed by atoms with Gasteiger partial charge < -0.3 is 5.32 Å². The molecular weight excluding hydrogens is 288 g/mol. The SMILES string of the molecule is N#CC1(C(=O)NCc2sccc2Br)CCC1. The third-order valence-electron chi connectivity index (χ3n) is 2.96. The molecule has 1 aromatic heterocycles. The Balaban J connectivity index is 1.94. The molecule has 2 rings (SSSR count). The summed E-state index contributed by atoms with van der Waals surface area (Å²) in [5, 5.41) is 13.8. The van der Waals surface area contributed by atoms with Crippen molar-refractivity contribution in [2.24, 2.45) is 5.41 Å². The molecule has 1 amide bonds. The first-order valence-electron chi connectivity index (χ1n) is 5.09. The van der Waals surface area contributed by atoms with Gasteiger partial charge >= 0.3 is 0 Å². The Kier molecular flexibility index (Phi) is 3.31. The van der Waals surface area contributed by atoms with Crippen molar-refractivity contribution >= 4 is 33.2 Å². The van der Waals surface area contributed by atoms with Gasteiger partial charge in [0.1, 0.15) is 5.41 Å². The molecule has 0 unspecified atom stereocenters. The van der Waals surface area contributed by atoms with Crippen LogP contribution < -0.4 is 5.32 Å². The lowest BCUT2D eigenvalue weighted by atomic mass is 9.69. The van der Waals surface area contributed by atoms with Crippen LogP contribution in [-0.2, 0) is 11.3 Å². The molecule has 1 aromatic rings. The number of thiophene rings is 1. The summed E-state index contributed by atoms with van der Waals surface area (Å²) in [6.45, 7) is 0.501. The molecule has 1 saturated carbocycles. The molecule has 1 fully saturated rings. The fraction of sp³-hybridized carbons (Fsp3) is 0.455. The van der Waals surface area contributed by atoms with E-state index in [1.54, 1.807) is 11.3 Å². The fourth-order valence-corrected chi connectivity index (χ4v) is 3.13. The van der Waals surface area contributed by atoms with E-state index in [9.17, 15) is 4.79 Å². The van der Waals surface area contributed by atoms with Crippen molar-refractivity contribution in [2.45, 2.75) is 25.8 Å². The zero-order valence-corrected chi connectivity index (χ0v) is 11.0. The molecule has 1 aliphatic rings. The van der Waals surface area contributed by atoms with E-state index < -0.39 is 5.41 Å². The van der Waals surface area contributed by atoms with Crippen molar-refractivity contribution in [3.05, 3.63) is 20.8 Å². The maximum atomic E-state index is 11.8. The summed E-state index contributed by atoms with van der Waals surface area (Å²) in [6.07, 6.45) is 2.37. The highest BCUT2D eigenvalue weighted by atomic mass is 79.9. The molecule has 0 atom stereocenters. The van der Waals surface area contributed by atoms with Gasteiger partial charge in [0.15, 0.2) is 0 Å². The molecule has 0 radical (unpaired) electrons. The van der Waals surface area contributed by atoms with Crippen molar-refractivity contribution in [3.63, 3.8) is 0 Å². The molecule has 1 aliphatic carbocycles. The fourth-order valence-electron chi connectivity index (χ4n) is 1.70. The first-order chi connectivity index (χ1) is 7.68. The third kappa shape index (κ3) is 2.00. The van der Waals surface area contributed by atoms with Crippen molar-refractivity contribution in [3.8, 4) is 6.07 Å². The normalized spacial score (nSPS) is 17.2. The Labute approximate surface area is 107 Å². The second kappa shape index (κ2) is 4.56. The van der Waals surface area contributed by atoms with Gasteiger partial charge in [0.2, 0.25) is 5.91 Å². The Morgan fingerprint density at radius 3 is 2.88 bits per heavy atom. The summed E-state index contributed by atoms with van der Waals surface area (Å²) in [7, 11) is 0. The highest BCUT2D eigenvalue weighted by molar-refractivity contribution is 9.10. The summed E-state index contributed by atoms with van der Waals surface area (Å²) in [5.74, 6) is -0.124. The summed E-state index contributed by atoms with van der Waals surface area (Å²) < 4.78 is 1.01. The van der Waals surface area contributed by atoms with Gasteiger partial charge in [0, 0.05) is 9.35 Å². The van der Waals surface area contributed by atoms with Gasteiger partial charge in [-0.2, -0.15) is 5.26 Å². The summed E-state index contributed by atoms with van der Waals surface area (Å²) in [4.78, 5) is 12.9. The standard InChI is InChI=1S/C11H11BrN2OS/c12-8-2-5-16-9(8)6-14-10(15)11(7-13)3-1-4-11/h2,5H,1,3-4,6H2,(H,14,15). The van der Waals surface area contributed by atoms with E-state index in [1.165, 1.54) is 0 Å². The van der Waals surface area contributed by atoms with Crippen LogP contribution in [0.15, 0.2) is 15.9 Å². The molecule has 84 valence electrons. The maximum Gasteiger partial charge on any atom is 0.240 e. The molecule has 3 nitrogen and oxygen atoms in total. The van der Waals surface area contributed by atoms with E-state index >= 15 is 0 Å². The van der Waals surface area contributed by atoms with Crippen molar-refractivity contribution < 1.29 is 4.79 Å². The molecule has 1 N–H and O–H groups in total. The second-order valence-electron chi connectivity index (χ2n) is 3.92. The number of hydrogen-bond donors (Lipinski definition) is 1. The highest BCUT2D eigenvalue weighted by Gasteiger charge is 2.44. The number of nitriles is 1. The monoisotopic (exact) mass is 298 g/mol. The van der Waals surface area contributed by atoms with Crippen molar-refractivity contribution in [1.29, 1.82) is 5.26 Å². The molecule has 0 aliphatic heterocycles. The van der Waals surface area contributed by atoms with Gasteiger partial charge in [0.25, 0.3) is 0 Å². The van der Waals surface area contributed by atoms with Gasteiger partial charge in [-0.05, 0) is 46.6 Å². The van der Waals surface area contributed by atoms with Gasteiger partial charge in [-0.15, -0.1) is 11.3 Å². The number of amides is 1. The van der Waals surface area contributed by atoms with Gasteiger partial charge in [0.05, 0.1) is 12.6 Å². The van der Waals surface area contributed by atoms with E-state index in [2.05, 4.69) is 27.3 Å². The highest BCUT2D eigenvalue weighted by Crippen LogP contribution is 2.40. The number of carbonyl (C=O) groups excluding carboxylic acids is 1. The Bertz CT molecular complexity index is 445. The number of hydrogen-bond acceptors (Lipinski definition) is 3. The molecule has 0 spiro atoms. The number of halogens is 1. The van der Waals surface area contributed by atoms with E-state index in [0.29, 0.717) is 19.4 Å². The van der Waals surface area contributed by atoms with Crippen LogP contribution in [0.5, 0.6) is 0 Å². The number of nitrogens with one attached hydrogen (secondary N) is 1. The maximum absolute atomic E-state index is 11.8. The molecule has 0 bridgehead atoms. The lowest BCUT2D eigenvalue weighted by molar-refractivity contribution is -0.131. The van der Waals surface area contributed by atoms with Crippen LogP contribution in [0.4, 0.5) is 0 Å². The van der Waals surface area contributed by atoms with Gasteiger partial charge in [-0.1, -0.05) is 0 Å². The smallest absolute Gasteiger partial charge is 0.240 e. The Hall–Kier alpha value is -0.860. The van der Waals surface area contributed by atoms with E-state index in [1.807, 2.05) is 11.4 Å². The number of rotatable bonds is 3. The molecule has 0 aromatic carbocycles. The lowest BCUT2D eigenvalue weighted by Gasteiger charge is -2.33. The lowest BCUT2D eigenvalue weighted by Crippen LogP contribution is -2.44. The van der Waals surface area contributed by atoms with E-state index in [-0.39, 0.29) is 5.91 Å². The molecule has 5 heteroatoms. The largest absolute Gasteiger partial charge is 0.350 e. The van der Waals surface area contributed by atoms with Crippen molar-refractivity contribution in [1.82, 2.24) is 5.32 Å². The topological polar surface area (TPSA) is 52.9 Å². The minimum atomic E-state index is -0.746. The molecule has 16 heavy (non-hydrogen) atoms. The predicted molar refractivity (Wildman–Crippen MR) is 65.8 cm³/mol. The zero-order chi connectivity index (χ0) is 11.6. The minimum absolute atomic E-state index is 0.124. The molecular formula is C11H11BrN2OS. The average molecular weight is 299 g/mol. The van der Waals surface area contributed by atoms with Crippen LogP contribution in [0, 0.1) is 16.7 Å². The van der Waals surface area contributed by atoms with E-state index in [4.69, 9.17) is 5.26 Å². The second-order valence-corrected chi connectivity index (χ2v) is 5.78. The predicted octanol–water partition coefficient (Wildman–Crippen LogP) is 2.82. The van der Waals surface area contributed by atoms with Gasteiger partial charge in [-0.3, -0.25) is 4.79 Å². The third-order valence-corrected chi connectivity index (χ3v) is 4.88. The summed E-state index contributed by atoms with van der Waals surface area (Å²) in [6, 6.07) is 4.09. The summed E-state index contributed by atoms with van der Waals surface area (Å²) in [5.41, 5.74) is -0.746. The minimum Gasteiger partial charge on any atom is -0.350 e. The first kappa shape index (κ1) is 11.6. The van der Waals surface area contributed by atoms with Crippen LogP contribution >= 0.6 is 27.3 Å².